The molecule has 0 spiro atoms. The Bertz CT molecular complexity index is 512. The van der Waals surface area contributed by atoms with Crippen LogP contribution in [0.15, 0.2) is 29.3 Å². The first-order chi connectivity index (χ1) is 11.7. The number of guanidine groups is 1. The Morgan fingerprint density at radius 3 is 2.64 bits per heavy atom. The number of aliphatic imine (C=N–C) groups is 1. The molecular weight excluding hydrogens is 423 g/mol. The summed E-state index contributed by atoms with van der Waals surface area (Å²) in [6.45, 7) is 10.1. The van der Waals surface area contributed by atoms with Crippen molar-refractivity contribution in [3.8, 4) is 0 Å². The van der Waals surface area contributed by atoms with Crippen molar-refractivity contribution in [1.29, 1.82) is 0 Å². The van der Waals surface area contributed by atoms with Crippen LogP contribution < -0.4 is 10.6 Å². The van der Waals surface area contributed by atoms with Gasteiger partial charge >= 0.3 is 0 Å². The predicted octanol–water partition coefficient (Wildman–Crippen LogP) is 3.76. The normalized spacial score (nSPS) is 16.4. The minimum absolute atomic E-state index is 0. The van der Waals surface area contributed by atoms with E-state index in [2.05, 4.69) is 58.6 Å². The van der Waals surface area contributed by atoms with Crippen molar-refractivity contribution in [2.45, 2.75) is 45.4 Å². The second kappa shape index (κ2) is 12.5. The first-order valence-electron chi connectivity index (χ1n) is 9.42. The minimum atomic E-state index is 0. The molecule has 0 aromatic heterocycles. The van der Waals surface area contributed by atoms with Crippen LogP contribution in [-0.4, -0.2) is 50.6 Å². The van der Waals surface area contributed by atoms with Crippen LogP contribution >= 0.6 is 24.0 Å². The van der Waals surface area contributed by atoms with Crippen LogP contribution in [0.4, 0.5) is 0 Å². The largest absolute Gasteiger partial charge is 0.356 e. The highest BCUT2D eigenvalue weighted by Crippen LogP contribution is 2.15. The van der Waals surface area contributed by atoms with Gasteiger partial charge in [-0.3, -0.25) is 4.99 Å². The molecule has 1 aliphatic heterocycles. The van der Waals surface area contributed by atoms with E-state index in [0.717, 1.165) is 19.0 Å². The molecule has 1 saturated heterocycles. The number of halogens is 1. The number of rotatable bonds is 8. The predicted molar refractivity (Wildman–Crippen MR) is 119 cm³/mol. The fraction of sp³-hybridized carbons (Fsp3) is 0.650. The molecule has 1 aromatic carbocycles. The van der Waals surface area contributed by atoms with Gasteiger partial charge in [0, 0.05) is 20.1 Å². The minimum Gasteiger partial charge on any atom is -0.356 e. The lowest BCUT2D eigenvalue weighted by Gasteiger charge is -2.17. The van der Waals surface area contributed by atoms with E-state index in [-0.39, 0.29) is 24.0 Å². The van der Waals surface area contributed by atoms with Crippen molar-refractivity contribution in [3.05, 3.63) is 35.4 Å². The molecule has 0 bridgehead atoms. The number of aryl methyl sites for hydroxylation is 1. The maximum absolute atomic E-state index is 4.33. The van der Waals surface area contributed by atoms with Gasteiger partial charge in [-0.1, -0.05) is 36.8 Å². The van der Waals surface area contributed by atoms with Crippen molar-refractivity contribution in [3.63, 3.8) is 0 Å². The molecular formula is C20H35IN4. The number of benzene rings is 1. The highest BCUT2D eigenvalue weighted by molar-refractivity contribution is 14.0. The molecule has 2 rings (SSSR count). The summed E-state index contributed by atoms with van der Waals surface area (Å²) in [6.07, 6.45) is 5.23. The summed E-state index contributed by atoms with van der Waals surface area (Å²) in [4.78, 5) is 6.91. The number of hydrogen-bond donors (Lipinski definition) is 2. The topological polar surface area (TPSA) is 39.7 Å². The molecule has 1 unspecified atom stereocenters. The van der Waals surface area contributed by atoms with Crippen molar-refractivity contribution in [1.82, 2.24) is 15.5 Å². The number of likely N-dealkylation sites (tertiary alicyclic amines) is 1. The number of unbranched alkanes of at least 4 members (excludes halogenated alkanes) is 1. The fourth-order valence-electron chi connectivity index (χ4n) is 3.24. The first kappa shape index (κ1) is 22.2. The van der Waals surface area contributed by atoms with Gasteiger partial charge in [0.15, 0.2) is 5.96 Å². The van der Waals surface area contributed by atoms with Crippen LogP contribution in [0.1, 0.15) is 49.7 Å². The van der Waals surface area contributed by atoms with E-state index in [1.807, 2.05) is 7.05 Å². The first-order valence-corrected chi connectivity index (χ1v) is 9.42. The van der Waals surface area contributed by atoms with E-state index < -0.39 is 0 Å². The van der Waals surface area contributed by atoms with Gasteiger partial charge in [-0.05, 0) is 63.7 Å². The third-order valence-electron chi connectivity index (χ3n) is 4.80. The molecule has 1 fully saturated rings. The average molecular weight is 458 g/mol. The van der Waals surface area contributed by atoms with Gasteiger partial charge in [0.2, 0.25) is 0 Å². The van der Waals surface area contributed by atoms with Crippen molar-refractivity contribution in [2.75, 3.05) is 39.8 Å². The molecule has 1 atom stereocenters. The quantitative estimate of drug-likeness (QED) is 0.270. The zero-order chi connectivity index (χ0) is 17.2. The van der Waals surface area contributed by atoms with Gasteiger partial charge in [-0.15, -0.1) is 24.0 Å². The Morgan fingerprint density at radius 2 is 1.96 bits per heavy atom. The zero-order valence-electron chi connectivity index (χ0n) is 16.1. The van der Waals surface area contributed by atoms with Crippen LogP contribution in [0.2, 0.25) is 0 Å². The Balaban J connectivity index is 0.00000312. The van der Waals surface area contributed by atoms with Gasteiger partial charge in [0.05, 0.1) is 0 Å². The smallest absolute Gasteiger partial charge is 0.190 e. The van der Waals surface area contributed by atoms with Crippen LogP contribution in [0.3, 0.4) is 0 Å². The third kappa shape index (κ3) is 8.40. The van der Waals surface area contributed by atoms with E-state index in [9.17, 15) is 0 Å². The van der Waals surface area contributed by atoms with Crippen molar-refractivity contribution >= 4 is 29.9 Å². The monoisotopic (exact) mass is 458 g/mol. The summed E-state index contributed by atoms with van der Waals surface area (Å²) in [5, 5.41) is 6.88. The highest BCUT2D eigenvalue weighted by Gasteiger charge is 2.10. The summed E-state index contributed by atoms with van der Waals surface area (Å²) in [6, 6.07) is 8.75. The lowest BCUT2D eigenvalue weighted by atomic mass is 9.99. The fourth-order valence-corrected chi connectivity index (χ4v) is 3.24. The molecule has 2 N–H and O–H groups in total. The second-order valence-corrected chi connectivity index (χ2v) is 6.95. The SMILES string of the molecule is CN=C(NCCCCN1CCCC1)NCC(C)c1cccc(C)c1.I. The molecule has 5 heteroatoms. The van der Waals surface area contributed by atoms with E-state index in [1.54, 1.807) is 0 Å². The molecule has 0 aliphatic carbocycles. The van der Waals surface area contributed by atoms with Gasteiger partial charge in [-0.25, -0.2) is 0 Å². The van der Waals surface area contributed by atoms with Crippen LogP contribution in [0.5, 0.6) is 0 Å². The summed E-state index contributed by atoms with van der Waals surface area (Å²) < 4.78 is 0. The molecule has 25 heavy (non-hydrogen) atoms. The van der Waals surface area contributed by atoms with E-state index in [4.69, 9.17) is 0 Å². The van der Waals surface area contributed by atoms with Crippen molar-refractivity contribution in [2.24, 2.45) is 4.99 Å². The summed E-state index contributed by atoms with van der Waals surface area (Å²) in [5.74, 6) is 1.38. The lowest BCUT2D eigenvalue weighted by Crippen LogP contribution is -2.39. The zero-order valence-corrected chi connectivity index (χ0v) is 18.4. The number of hydrogen-bond acceptors (Lipinski definition) is 2. The van der Waals surface area contributed by atoms with E-state index >= 15 is 0 Å². The summed E-state index contributed by atoms with van der Waals surface area (Å²) >= 11 is 0. The Morgan fingerprint density at radius 1 is 1.20 bits per heavy atom. The number of nitrogens with zero attached hydrogens (tertiary/aromatic N) is 2. The maximum atomic E-state index is 4.33. The summed E-state index contributed by atoms with van der Waals surface area (Å²) in [5.41, 5.74) is 2.70. The molecule has 1 aliphatic rings. The second-order valence-electron chi connectivity index (χ2n) is 6.95. The van der Waals surface area contributed by atoms with E-state index in [0.29, 0.717) is 5.92 Å². The summed E-state index contributed by atoms with van der Waals surface area (Å²) in [7, 11) is 1.84. The van der Waals surface area contributed by atoms with Gasteiger partial charge in [0.25, 0.3) is 0 Å². The molecule has 0 saturated carbocycles. The third-order valence-corrected chi connectivity index (χ3v) is 4.80. The molecule has 4 nitrogen and oxygen atoms in total. The van der Waals surface area contributed by atoms with Gasteiger partial charge < -0.3 is 15.5 Å². The Labute approximate surface area is 170 Å². The lowest BCUT2D eigenvalue weighted by molar-refractivity contribution is 0.330. The standard InChI is InChI=1S/C20H34N4.HI/c1-17-9-8-10-19(15-17)18(2)16-23-20(21-3)22-11-4-5-12-24-13-6-7-14-24;/h8-10,15,18H,4-7,11-14,16H2,1-3H3,(H2,21,22,23);1H. The molecule has 142 valence electrons. The van der Waals surface area contributed by atoms with Crippen molar-refractivity contribution < 1.29 is 0 Å². The molecule has 1 heterocycles. The van der Waals surface area contributed by atoms with Gasteiger partial charge in [0.1, 0.15) is 0 Å². The molecule has 1 aromatic rings. The Hall–Kier alpha value is -0.820. The van der Waals surface area contributed by atoms with Gasteiger partial charge in [-0.2, -0.15) is 0 Å². The van der Waals surface area contributed by atoms with Crippen LogP contribution in [0, 0.1) is 6.92 Å². The van der Waals surface area contributed by atoms with Crippen LogP contribution in [-0.2, 0) is 0 Å². The molecule has 0 radical (unpaired) electrons. The highest BCUT2D eigenvalue weighted by atomic mass is 127. The Kier molecular flexibility index (Phi) is 11.1. The van der Waals surface area contributed by atoms with Crippen LogP contribution in [0.25, 0.3) is 0 Å². The maximum Gasteiger partial charge on any atom is 0.190 e. The van der Waals surface area contributed by atoms with E-state index in [1.165, 1.54) is 56.4 Å². The molecule has 0 amide bonds. The average Bonchev–Trinajstić information content (AvgIpc) is 3.10. The number of nitrogens with one attached hydrogen (secondary N) is 2.